The fourth-order valence-electron chi connectivity index (χ4n) is 0.385. The standard InChI is InChI=1S/C6H6.C4H10.2BrH/c1-2-4-6-5-3-1;1-3-4-2;;/h1-6H;3-4H2,1-2H3;2*1H. The lowest BCUT2D eigenvalue weighted by Crippen LogP contribution is -1.47. The molecule has 2 heteroatoms. The number of unbranched alkanes of at least 4 members (excludes halogenated alkanes) is 1. The summed E-state index contributed by atoms with van der Waals surface area (Å²) in [4.78, 5) is 0. The topological polar surface area (TPSA) is 0 Å². The van der Waals surface area contributed by atoms with E-state index in [1.807, 2.05) is 36.4 Å². The second kappa shape index (κ2) is 17.3. The van der Waals surface area contributed by atoms with Crippen LogP contribution in [0.25, 0.3) is 0 Å². The van der Waals surface area contributed by atoms with E-state index < -0.39 is 0 Å². The summed E-state index contributed by atoms with van der Waals surface area (Å²) >= 11 is 0. The molecule has 72 valence electrons. The Kier molecular flexibility index (Phi) is 26.1. The molecule has 0 aliphatic heterocycles. The van der Waals surface area contributed by atoms with Gasteiger partial charge in [0.05, 0.1) is 0 Å². The van der Waals surface area contributed by atoms with E-state index in [0.717, 1.165) is 0 Å². The van der Waals surface area contributed by atoms with Crippen molar-refractivity contribution in [2.24, 2.45) is 0 Å². The van der Waals surface area contributed by atoms with Crippen LogP contribution in [0.1, 0.15) is 26.7 Å². The molecule has 0 aliphatic carbocycles. The number of hydrogen-bond donors (Lipinski definition) is 0. The second-order valence-corrected chi connectivity index (χ2v) is 2.15. The molecule has 0 saturated carbocycles. The minimum absolute atomic E-state index is 0. The van der Waals surface area contributed by atoms with E-state index in [0.29, 0.717) is 0 Å². The molecular formula is C10H18Br2. The van der Waals surface area contributed by atoms with Crippen molar-refractivity contribution in [3.8, 4) is 0 Å². The van der Waals surface area contributed by atoms with E-state index in [1.54, 1.807) is 0 Å². The van der Waals surface area contributed by atoms with Crippen LogP contribution >= 0.6 is 34.0 Å². The van der Waals surface area contributed by atoms with Crippen molar-refractivity contribution < 1.29 is 0 Å². The first kappa shape index (κ1) is 18.1. The third-order valence-corrected chi connectivity index (χ3v) is 1.17. The minimum Gasteiger partial charge on any atom is -0.114 e. The summed E-state index contributed by atoms with van der Waals surface area (Å²) in [5, 5.41) is 0. The maximum absolute atomic E-state index is 2.18. The monoisotopic (exact) mass is 296 g/mol. The predicted octanol–water partition coefficient (Wildman–Crippen LogP) is 4.65. The average molecular weight is 298 g/mol. The van der Waals surface area contributed by atoms with Crippen LogP contribution in [-0.2, 0) is 0 Å². The Morgan fingerprint density at radius 1 is 0.583 bits per heavy atom. The fraction of sp³-hybridized carbons (Fsp3) is 0.400. The quantitative estimate of drug-likeness (QED) is 0.708. The molecule has 0 aliphatic rings. The van der Waals surface area contributed by atoms with Gasteiger partial charge in [0.15, 0.2) is 0 Å². The maximum atomic E-state index is 2.18. The number of halogens is 2. The van der Waals surface area contributed by atoms with E-state index in [1.165, 1.54) is 12.8 Å². The molecular weight excluding hydrogens is 280 g/mol. The molecule has 0 nitrogen and oxygen atoms in total. The van der Waals surface area contributed by atoms with Crippen molar-refractivity contribution >= 4 is 34.0 Å². The molecule has 0 unspecified atom stereocenters. The summed E-state index contributed by atoms with van der Waals surface area (Å²) in [7, 11) is 0. The zero-order chi connectivity index (χ0) is 7.66. The molecule has 0 aromatic heterocycles. The largest absolute Gasteiger partial charge is 0.114 e. The Morgan fingerprint density at radius 2 is 0.750 bits per heavy atom. The number of hydrogen-bond acceptors (Lipinski definition) is 0. The summed E-state index contributed by atoms with van der Waals surface area (Å²) < 4.78 is 0. The molecule has 1 aromatic rings. The molecule has 0 spiro atoms. The summed E-state index contributed by atoms with van der Waals surface area (Å²) in [6.45, 7) is 4.36. The van der Waals surface area contributed by atoms with E-state index in [4.69, 9.17) is 0 Å². The van der Waals surface area contributed by atoms with Gasteiger partial charge in [0.1, 0.15) is 0 Å². The molecule has 0 N–H and O–H groups in total. The van der Waals surface area contributed by atoms with Gasteiger partial charge in [-0.05, 0) is 0 Å². The smallest absolute Gasteiger partial charge is 0.0564 e. The second-order valence-electron chi connectivity index (χ2n) is 2.15. The van der Waals surface area contributed by atoms with Gasteiger partial charge in [-0.3, -0.25) is 0 Å². The van der Waals surface area contributed by atoms with Crippen molar-refractivity contribution in [3.05, 3.63) is 36.4 Å². The molecule has 0 radical (unpaired) electrons. The zero-order valence-electron chi connectivity index (χ0n) is 7.69. The minimum atomic E-state index is 0. The lowest BCUT2D eigenvalue weighted by molar-refractivity contribution is 0.886. The Morgan fingerprint density at radius 3 is 0.833 bits per heavy atom. The average Bonchev–Trinajstić information content (AvgIpc) is 2.08. The molecule has 0 amide bonds. The van der Waals surface area contributed by atoms with Gasteiger partial charge in [0.2, 0.25) is 0 Å². The van der Waals surface area contributed by atoms with E-state index in [9.17, 15) is 0 Å². The molecule has 12 heavy (non-hydrogen) atoms. The first-order valence-electron chi connectivity index (χ1n) is 3.91. The van der Waals surface area contributed by atoms with E-state index in [-0.39, 0.29) is 34.0 Å². The molecule has 0 atom stereocenters. The zero-order valence-corrected chi connectivity index (χ0v) is 11.1. The van der Waals surface area contributed by atoms with Crippen LogP contribution < -0.4 is 0 Å². The number of rotatable bonds is 1. The Hall–Kier alpha value is 0.180. The van der Waals surface area contributed by atoms with Gasteiger partial charge in [-0.1, -0.05) is 63.1 Å². The Bertz CT molecular complexity index is 99.8. The van der Waals surface area contributed by atoms with Crippen molar-refractivity contribution in [3.63, 3.8) is 0 Å². The van der Waals surface area contributed by atoms with E-state index in [2.05, 4.69) is 13.8 Å². The van der Waals surface area contributed by atoms with Crippen molar-refractivity contribution in [2.45, 2.75) is 26.7 Å². The third-order valence-electron chi connectivity index (χ3n) is 1.17. The maximum Gasteiger partial charge on any atom is -0.0564 e. The summed E-state index contributed by atoms with van der Waals surface area (Å²) in [6, 6.07) is 12.0. The predicted molar refractivity (Wildman–Crippen MR) is 67.7 cm³/mol. The van der Waals surface area contributed by atoms with Crippen LogP contribution in [0.15, 0.2) is 36.4 Å². The van der Waals surface area contributed by atoms with Gasteiger partial charge in [-0.15, -0.1) is 34.0 Å². The van der Waals surface area contributed by atoms with Gasteiger partial charge >= 0.3 is 0 Å². The van der Waals surface area contributed by atoms with Crippen LogP contribution in [0.4, 0.5) is 0 Å². The molecule has 0 fully saturated rings. The molecule has 0 saturated heterocycles. The van der Waals surface area contributed by atoms with Crippen LogP contribution in [0.5, 0.6) is 0 Å². The fourth-order valence-corrected chi connectivity index (χ4v) is 0.385. The lowest BCUT2D eigenvalue weighted by Gasteiger charge is -1.69. The summed E-state index contributed by atoms with van der Waals surface area (Å²) in [5.74, 6) is 0. The van der Waals surface area contributed by atoms with Crippen molar-refractivity contribution in [1.82, 2.24) is 0 Å². The third kappa shape index (κ3) is 16.6. The highest BCUT2D eigenvalue weighted by molar-refractivity contribution is 8.93. The Balaban J connectivity index is -0.000000124. The molecule has 1 aromatic carbocycles. The van der Waals surface area contributed by atoms with E-state index >= 15 is 0 Å². The van der Waals surface area contributed by atoms with Crippen molar-refractivity contribution in [1.29, 1.82) is 0 Å². The highest BCUT2D eigenvalue weighted by Gasteiger charge is 1.58. The molecule has 0 heterocycles. The summed E-state index contributed by atoms with van der Waals surface area (Å²) in [6.07, 6.45) is 2.64. The van der Waals surface area contributed by atoms with Gasteiger partial charge in [0.25, 0.3) is 0 Å². The highest BCUT2D eigenvalue weighted by Crippen LogP contribution is 1.79. The molecule has 1 rings (SSSR count). The van der Waals surface area contributed by atoms with Crippen LogP contribution in [0.3, 0.4) is 0 Å². The highest BCUT2D eigenvalue weighted by atomic mass is 79.9. The molecule has 0 bridgehead atoms. The van der Waals surface area contributed by atoms with Gasteiger partial charge in [-0.25, -0.2) is 0 Å². The first-order chi connectivity index (χ1) is 4.91. The summed E-state index contributed by atoms with van der Waals surface area (Å²) in [5.41, 5.74) is 0. The van der Waals surface area contributed by atoms with Crippen LogP contribution in [0.2, 0.25) is 0 Å². The van der Waals surface area contributed by atoms with Gasteiger partial charge < -0.3 is 0 Å². The Labute approximate surface area is 96.9 Å². The first-order valence-corrected chi connectivity index (χ1v) is 3.91. The normalized spacial score (nSPS) is 6.50. The van der Waals surface area contributed by atoms with Crippen LogP contribution in [0, 0.1) is 0 Å². The van der Waals surface area contributed by atoms with Gasteiger partial charge in [-0.2, -0.15) is 0 Å². The van der Waals surface area contributed by atoms with Crippen LogP contribution in [-0.4, -0.2) is 0 Å². The van der Waals surface area contributed by atoms with Crippen molar-refractivity contribution in [2.75, 3.05) is 0 Å². The number of benzene rings is 1. The lowest BCUT2D eigenvalue weighted by atomic mass is 10.4. The van der Waals surface area contributed by atoms with Gasteiger partial charge in [0, 0.05) is 0 Å². The SMILES string of the molecule is Br.Br.CCCC.c1ccccc1.